The van der Waals surface area contributed by atoms with Crippen molar-refractivity contribution in [2.24, 2.45) is 5.92 Å². The van der Waals surface area contributed by atoms with Crippen molar-refractivity contribution in [3.8, 4) is 11.5 Å². The van der Waals surface area contributed by atoms with Crippen molar-refractivity contribution in [1.82, 2.24) is 4.90 Å². The fourth-order valence-electron chi connectivity index (χ4n) is 6.92. The Hall–Kier alpha value is -2.41. The van der Waals surface area contributed by atoms with E-state index in [0.29, 0.717) is 36.7 Å². The first-order valence-corrected chi connectivity index (χ1v) is 11.3. The number of esters is 2. The number of likely N-dealkylation sites (tertiary alicyclic amines) is 1. The molecule has 1 saturated heterocycles. The molecule has 2 aliphatic heterocycles. The third-order valence-electron chi connectivity index (χ3n) is 8.08. The highest BCUT2D eigenvalue weighted by Gasteiger charge is 2.75. The average molecular weight is 425 g/mol. The van der Waals surface area contributed by atoms with Crippen molar-refractivity contribution in [3.63, 3.8) is 0 Å². The second-order valence-corrected chi connectivity index (χ2v) is 9.85. The molecular formula is C24H27NO6. The lowest BCUT2D eigenvalue weighted by molar-refractivity contribution is -0.214. The number of hydrogen-bond acceptors (Lipinski definition) is 7. The molecule has 6 rings (SSSR count). The van der Waals surface area contributed by atoms with Gasteiger partial charge in [-0.2, -0.15) is 0 Å². The van der Waals surface area contributed by atoms with Crippen molar-refractivity contribution in [3.05, 3.63) is 23.3 Å². The second-order valence-electron chi connectivity index (χ2n) is 9.85. The summed E-state index contributed by atoms with van der Waals surface area (Å²) in [6.45, 7) is 4.66. The number of rotatable bonds is 4. The fourth-order valence-corrected chi connectivity index (χ4v) is 6.92. The largest absolute Gasteiger partial charge is 0.477 e. The van der Waals surface area contributed by atoms with Crippen molar-refractivity contribution in [1.29, 1.82) is 0 Å². The second kappa shape index (κ2) is 6.31. The van der Waals surface area contributed by atoms with E-state index in [0.717, 1.165) is 30.6 Å². The zero-order chi connectivity index (χ0) is 21.5. The summed E-state index contributed by atoms with van der Waals surface area (Å²) in [5.74, 6) is 0.830. The number of piperidine rings is 1. The predicted octanol–water partition coefficient (Wildman–Crippen LogP) is 2.32. The van der Waals surface area contributed by atoms with E-state index in [1.807, 2.05) is 6.07 Å². The van der Waals surface area contributed by atoms with Crippen molar-refractivity contribution < 1.29 is 28.6 Å². The van der Waals surface area contributed by atoms with Gasteiger partial charge in [0.2, 0.25) is 0 Å². The lowest BCUT2D eigenvalue weighted by atomic mass is 9.48. The number of Topliss-reactive ketones (excluding diaryl/α,β-unsaturated/α-hetero) is 1. The molecule has 1 spiro atoms. The molecule has 2 saturated carbocycles. The van der Waals surface area contributed by atoms with Gasteiger partial charge in [0.25, 0.3) is 0 Å². The van der Waals surface area contributed by atoms with Gasteiger partial charge in [-0.15, -0.1) is 0 Å². The van der Waals surface area contributed by atoms with E-state index >= 15 is 0 Å². The monoisotopic (exact) mass is 425 g/mol. The zero-order valence-electron chi connectivity index (χ0n) is 17.9. The molecule has 1 aromatic carbocycles. The van der Waals surface area contributed by atoms with E-state index in [4.69, 9.17) is 14.2 Å². The Morgan fingerprint density at radius 3 is 2.71 bits per heavy atom. The van der Waals surface area contributed by atoms with Gasteiger partial charge in [0.15, 0.2) is 23.4 Å². The summed E-state index contributed by atoms with van der Waals surface area (Å²) >= 11 is 0. The molecule has 31 heavy (non-hydrogen) atoms. The van der Waals surface area contributed by atoms with Gasteiger partial charge in [0.05, 0.1) is 11.5 Å². The van der Waals surface area contributed by atoms with E-state index in [1.54, 1.807) is 6.07 Å². The normalized spacial score (nSPS) is 35.2. The maximum absolute atomic E-state index is 13.2. The Bertz CT molecular complexity index is 1020. The minimum Gasteiger partial charge on any atom is -0.477 e. The maximum Gasteiger partial charge on any atom is 0.308 e. The molecule has 0 amide bonds. The molecule has 1 aromatic rings. The summed E-state index contributed by atoms with van der Waals surface area (Å²) in [6.07, 6.45) is 4.04. The summed E-state index contributed by atoms with van der Waals surface area (Å²) in [7, 11) is 0. The minimum atomic E-state index is -0.808. The van der Waals surface area contributed by atoms with Crippen molar-refractivity contribution in [2.45, 2.75) is 75.5 Å². The number of ketones is 1. The number of carbonyl (C=O) groups is 3. The van der Waals surface area contributed by atoms with Crippen LogP contribution in [0.2, 0.25) is 0 Å². The summed E-state index contributed by atoms with van der Waals surface area (Å²) < 4.78 is 18.1. The van der Waals surface area contributed by atoms with E-state index in [1.165, 1.54) is 26.7 Å². The molecule has 0 N–H and O–H groups in total. The third kappa shape index (κ3) is 2.47. The molecule has 0 radical (unpaired) electrons. The molecule has 4 atom stereocenters. The van der Waals surface area contributed by atoms with E-state index in [2.05, 4.69) is 4.90 Å². The van der Waals surface area contributed by atoms with E-state index in [-0.39, 0.29) is 17.8 Å². The Labute approximate surface area is 181 Å². The fraction of sp³-hybridized carbons (Fsp3) is 0.625. The molecule has 3 fully saturated rings. The predicted molar refractivity (Wildman–Crippen MR) is 109 cm³/mol. The molecule has 2 heterocycles. The molecule has 5 aliphatic rings. The summed E-state index contributed by atoms with van der Waals surface area (Å²) in [4.78, 5) is 39.8. The number of benzene rings is 1. The Morgan fingerprint density at radius 2 is 2.00 bits per heavy atom. The van der Waals surface area contributed by atoms with Gasteiger partial charge < -0.3 is 14.2 Å². The lowest BCUT2D eigenvalue weighted by Gasteiger charge is -2.63. The molecular weight excluding hydrogens is 398 g/mol. The van der Waals surface area contributed by atoms with Crippen LogP contribution in [0.25, 0.3) is 0 Å². The van der Waals surface area contributed by atoms with Gasteiger partial charge in [-0.25, -0.2) is 0 Å². The standard InChI is InChI=1S/C24H27NO6/c1-13(26)29-18-6-5-16-11-19-24(31-14(2)27)8-7-17(28)22-23(24,20(16)21(18)30-22)9-10-25(19)12-15-3-4-15/h5-6,15,19,22H,3-4,7-12H2,1-2H3/t19?,22-,23-,24+/m0/s1. The molecule has 164 valence electrons. The highest BCUT2D eigenvalue weighted by molar-refractivity contribution is 5.90. The van der Waals surface area contributed by atoms with E-state index in [9.17, 15) is 14.4 Å². The molecule has 3 aliphatic carbocycles. The number of ether oxygens (including phenoxy) is 3. The first-order chi connectivity index (χ1) is 14.9. The SMILES string of the molecule is CC(=O)Oc1ccc2c3c1O[C@H]1C(=O)CC[C@@]4(OC(C)=O)C(C2)N(CC2CC2)CC[C@]314. The highest BCUT2D eigenvalue weighted by atomic mass is 16.6. The topological polar surface area (TPSA) is 82.1 Å². The number of hydrogen-bond donors (Lipinski definition) is 0. The Kier molecular flexibility index (Phi) is 3.93. The lowest BCUT2D eigenvalue weighted by Crippen LogP contribution is -2.77. The Balaban J connectivity index is 1.58. The number of carbonyl (C=O) groups excluding carboxylic acids is 3. The maximum atomic E-state index is 13.2. The first-order valence-electron chi connectivity index (χ1n) is 11.3. The first kappa shape index (κ1) is 19.3. The van der Waals surface area contributed by atoms with Crippen LogP contribution >= 0.6 is 0 Å². The molecule has 2 bridgehead atoms. The van der Waals surface area contributed by atoms with Crippen LogP contribution in [-0.2, 0) is 31.0 Å². The van der Waals surface area contributed by atoms with Gasteiger partial charge >= 0.3 is 11.9 Å². The van der Waals surface area contributed by atoms with Crippen molar-refractivity contribution >= 4 is 17.7 Å². The van der Waals surface area contributed by atoms with Crippen LogP contribution in [0, 0.1) is 5.92 Å². The van der Waals surface area contributed by atoms with Crippen LogP contribution < -0.4 is 9.47 Å². The summed E-state index contributed by atoms with van der Waals surface area (Å²) in [6, 6.07) is 3.78. The van der Waals surface area contributed by atoms with Crippen LogP contribution in [0.4, 0.5) is 0 Å². The molecule has 1 unspecified atom stereocenters. The smallest absolute Gasteiger partial charge is 0.308 e. The van der Waals surface area contributed by atoms with Gasteiger partial charge in [-0.05, 0) is 56.2 Å². The number of nitrogens with zero attached hydrogens (tertiary/aromatic N) is 1. The van der Waals surface area contributed by atoms with Gasteiger partial charge in [-0.1, -0.05) is 6.07 Å². The molecule has 7 nitrogen and oxygen atoms in total. The highest BCUT2D eigenvalue weighted by Crippen LogP contribution is 2.66. The Morgan fingerprint density at radius 1 is 1.19 bits per heavy atom. The zero-order valence-corrected chi connectivity index (χ0v) is 17.9. The van der Waals surface area contributed by atoms with Crippen LogP contribution in [0.15, 0.2) is 12.1 Å². The van der Waals surface area contributed by atoms with Crippen LogP contribution in [0.5, 0.6) is 11.5 Å². The minimum absolute atomic E-state index is 0.0166. The average Bonchev–Trinajstić information content (AvgIpc) is 3.44. The summed E-state index contributed by atoms with van der Waals surface area (Å²) in [5.41, 5.74) is 0.499. The van der Waals surface area contributed by atoms with Gasteiger partial charge in [-0.3, -0.25) is 19.3 Å². The van der Waals surface area contributed by atoms with Crippen molar-refractivity contribution in [2.75, 3.05) is 13.1 Å². The van der Waals surface area contributed by atoms with Crippen LogP contribution in [-0.4, -0.2) is 53.5 Å². The van der Waals surface area contributed by atoms with Gasteiger partial charge in [0, 0.05) is 32.4 Å². The quantitative estimate of drug-likeness (QED) is 0.541. The van der Waals surface area contributed by atoms with Crippen LogP contribution in [0.3, 0.4) is 0 Å². The van der Waals surface area contributed by atoms with E-state index < -0.39 is 23.1 Å². The molecule has 7 heteroatoms. The van der Waals surface area contributed by atoms with Crippen LogP contribution in [0.1, 0.15) is 57.1 Å². The third-order valence-corrected chi connectivity index (χ3v) is 8.08. The van der Waals surface area contributed by atoms with Gasteiger partial charge in [0.1, 0.15) is 5.60 Å². The molecule has 0 aromatic heterocycles. The summed E-state index contributed by atoms with van der Waals surface area (Å²) in [5, 5.41) is 0.